The molecule has 0 aliphatic heterocycles. The van der Waals surface area contributed by atoms with Crippen LogP contribution in [0.25, 0.3) is 0 Å². The summed E-state index contributed by atoms with van der Waals surface area (Å²) in [6.45, 7) is 6.81. The van der Waals surface area contributed by atoms with E-state index in [0.29, 0.717) is 5.75 Å². The van der Waals surface area contributed by atoms with Crippen molar-refractivity contribution in [2.24, 2.45) is 5.41 Å². The number of ether oxygens (including phenoxy) is 2. The number of rotatable bonds is 4. The van der Waals surface area contributed by atoms with Crippen molar-refractivity contribution in [1.29, 1.82) is 0 Å². The van der Waals surface area contributed by atoms with E-state index >= 15 is 0 Å². The fourth-order valence-corrected chi connectivity index (χ4v) is 2.12. The number of benzene rings is 2. The van der Waals surface area contributed by atoms with Crippen molar-refractivity contribution in [2.75, 3.05) is 0 Å². The van der Waals surface area contributed by atoms with Gasteiger partial charge in [0, 0.05) is 6.92 Å². The molecule has 24 heavy (non-hydrogen) atoms. The minimum absolute atomic E-state index is 0.277. The lowest BCUT2D eigenvalue weighted by atomic mass is 9.96. The lowest BCUT2D eigenvalue weighted by Gasteiger charge is -2.24. The molecule has 2 aromatic carbocycles. The van der Waals surface area contributed by atoms with E-state index in [1.807, 2.05) is 51.1 Å². The molecule has 2 aromatic rings. The lowest BCUT2D eigenvalue weighted by molar-refractivity contribution is -0.157. The molecule has 0 saturated carbocycles. The van der Waals surface area contributed by atoms with E-state index in [-0.39, 0.29) is 11.9 Å². The highest BCUT2D eigenvalue weighted by atomic mass is 16.5. The van der Waals surface area contributed by atoms with E-state index in [9.17, 15) is 9.59 Å². The first-order valence-electron chi connectivity index (χ1n) is 7.82. The van der Waals surface area contributed by atoms with Crippen LogP contribution < -0.4 is 4.74 Å². The van der Waals surface area contributed by atoms with Crippen LogP contribution >= 0.6 is 0 Å². The van der Waals surface area contributed by atoms with E-state index in [1.54, 1.807) is 24.3 Å². The topological polar surface area (TPSA) is 52.6 Å². The third-order valence-electron chi connectivity index (χ3n) is 3.38. The second-order valence-corrected chi connectivity index (χ2v) is 6.61. The molecule has 0 bridgehead atoms. The summed E-state index contributed by atoms with van der Waals surface area (Å²) in [4.78, 5) is 23.4. The lowest BCUT2D eigenvalue weighted by Crippen LogP contribution is -2.25. The van der Waals surface area contributed by atoms with Crippen LogP contribution in [-0.2, 0) is 14.3 Å². The summed E-state index contributed by atoms with van der Waals surface area (Å²) >= 11 is 0. The van der Waals surface area contributed by atoms with Gasteiger partial charge in [0.1, 0.15) is 5.75 Å². The van der Waals surface area contributed by atoms with E-state index in [1.165, 1.54) is 6.92 Å². The van der Waals surface area contributed by atoms with Gasteiger partial charge in [-0.05, 0) is 44.0 Å². The molecule has 126 valence electrons. The summed E-state index contributed by atoms with van der Waals surface area (Å²) in [6.07, 6.45) is -0.510. The van der Waals surface area contributed by atoms with Crippen LogP contribution in [0.3, 0.4) is 0 Å². The standard InChI is InChI=1S/C20H22O4/c1-14(21)23-17-12-10-16(11-13-17)18(15-8-6-5-7-9-15)24-19(22)20(2,3)4/h5-13,18H,1-4H3. The van der Waals surface area contributed by atoms with Crippen molar-refractivity contribution < 1.29 is 19.1 Å². The number of carbonyl (C=O) groups excluding carboxylic acids is 2. The van der Waals surface area contributed by atoms with Crippen LogP contribution in [0.1, 0.15) is 44.9 Å². The monoisotopic (exact) mass is 326 g/mol. The quantitative estimate of drug-likeness (QED) is 0.621. The Balaban J connectivity index is 2.32. The van der Waals surface area contributed by atoms with Gasteiger partial charge < -0.3 is 9.47 Å². The first-order valence-corrected chi connectivity index (χ1v) is 7.82. The van der Waals surface area contributed by atoms with Crippen LogP contribution in [0.15, 0.2) is 54.6 Å². The highest BCUT2D eigenvalue weighted by molar-refractivity contribution is 5.76. The maximum Gasteiger partial charge on any atom is 0.312 e. The third-order valence-corrected chi connectivity index (χ3v) is 3.38. The zero-order chi connectivity index (χ0) is 17.7. The fraction of sp³-hybridized carbons (Fsp3) is 0.300. The number of hydrogen-bond donors (Lipinski definition) is 0. The smallest absolute Gasteiger partial charge is 0.312 e. The number of carbonyl (C=O) groups is 2. The van der Waals surface area contributed by atoms with Crippen molar-refractivity contribution in [1.82, 2.24) is 0 Å². The summed E-state index contributed by atoms with van der Waals surface area (Å²) in [5.41, 5.74) is 1.11. The Kier molecular flexibility index (Phi) is 5.39. The molecule has 0 spiro atoms. The number of esters is 2. The molecule has 0 saturated heterocycles. The molecule has 0 fully saturated rings. The summed E-state index contributed by atoms with van der Waals surface area (Å²) in [5, 5.41) is 0. The van der Waals surface area contributed by atoms with Crippen molar-refractivity contribution in [3.05, 3.63) is 65.7 Å². The van der Waals surface area contributed by atoms with Crippen LogP contribution in [0, 0.1) is 5.41 Å². The number of hydrogen-bond acceptors (Lipinski definition) is 4. The second-order valence-electron chi connectivity index (χ2n) is 6.61. The highest BCUT2D eigenvalue weighted by Crippen LogP contribution is 2.30. The zero-order valence-electron chi connectivity index (χ0n) is 14.4. The molecule has 4 heteroatoms. The summed E-state index contributed by atoms with van der Waals surface area (Å²) in [7, 11) is 0. The highest BCUT2D eigenvalue weighted by Gasteiger charge is 2.28. The normalized spacial score (nSPS) is 12.3. The van der Waals surface area contributed by atoms with Gasteiger partial charge in [0.15, 0.2) is 6.10 Å². The largest absolute Gasteiger partial charge is 0.452 e. The molecule has 0 aliphatic carbocycles. The van der Waals surface area contributed by atoms with Crippen molar-refractivity contribution in [3.8, 4) is 5.75 Å². The SMILES string of the molecule is CC(=O)Oc1ccc(C(OC(=O)C(C)(C)C)c2ccccc2)cc1. The van der Waals surface area contributed by atoms with Crippen LogP contribution in [0.2, 0.25) is 0 Å². The summed E-state index contributed by atoms with van der Waals surface area (Å²) in [6, 6.07) is 16.5. The Hall–Kier alpha value is -2.62. The predicted octanol–water partition coefficient (Wildman–Crippen LogP) is 4.29. The minimum Gasteiger partial charge on any atom is -0.452 e. The Bertz CT molecular complexity index is 697. The van der Waals surface area contributed by atoms with Gasteiger partial charge in [-0.25, -0.2) is 0 Å². The van der Waals surface area contributed by atoms with Crippen LogP contribution in [-0.4, -0.2) is 11.9 Å². The third kappa shape index (κ3) is 4.69. The molecule has 1 unspecified atom stereocenters. The second kappa shape index (κ2) is 7.30. The van der Waals surface area contributed by atoms with Crippen molar-refractivity contribution in [3.63, 3.8) is 0 Å². The zero-order valence-corrected chi connectivity index (χ0v) is 14.4. The predicted molar refractivity (Wildman–Crippen MR) is 91.6 cm³/mol. The van der Waals surface area contributed by atoms with Gasteiger partial charge in [0.25, 0.3) is 0 Å². The van der Waals surface area contributed by atoms with Gasteiger partial charge in [-0.3, -0.25) is 9.59 Å². The van der Waals surface area contributed by atoms with Crippen molar-refractivity contribution in [2.45, 2.75) is 33.8 Å². The molecule has 2 rings (SSSR count). The average molecular weight is 326 g/mol. The molecule has 0 heterocycles. The maximum atomic E-state index is 12.3. The summed E-state index contributed by atoms with van der Waals surface area (Å²) in [5.74, 6) is -0.192. The first kappa shape index (κ1) is 17.7. The molecule has 4 nitrogen and oxygen atoms in total. The maximum absolute atomic E-state index is 12.3. The van der Waals surface area contributed by atoms with Crippen LogP contribution in [0.5, 0.6) is 5.75 Å². The Morgan fingerprint density at radius 3 is 1.92 bits per heavy atom. The van der Waals surface area contributed by atoms with Gasteiger partial charge in [-0.1, -0.05) is 42.5 Å². The first-order chi connectivity index (χ1) is 11.3. The molecule has 1 atom stereocenters. The fourth-order valence-electron chi connectivity index (χ4n) is 2.12. The molecule has 0 N–H and O–H groups in total. The van der Waals surface area contributed by atoms with Gasteiger partial charge >= 0.3 is 11.9 Å². The van der Waals surface area contributed by atoms with Gasteiger partial charge in [0.2, 0.25) is 0 Å². The van der Waals surface area contributed by atoms with Gasteiger partial charge in [-0.2, -0.15) is 0 Å². The average Bonchev–Trinajstić information content (AvgIpc) is 2.52. The molecular weight excluding hydrogens is 304 g/mol. The molecule has 0 radical (unpaired) electrons. The molecule has 0 aliphatic rings. The Morgan fingerprint density at radius 2 is 1.42 bits per heavy atom. The van der Waals surface area contributed by atoms with E-state index in [4.69, 9.17) is 9.47 Å². The van der Waals surface area contributed by atoms with E-state index in [2.05, 4.69) is 0 Å². The molecular formula is C20H22O4. The Labute approximate surface area is 142 Å². The Morgan fingerprint density at radius 1 is 0.875 bits per heavy atom. The van der Waals surface area contributed by atoms with E-state index < -0.39 is 11.5 Å². The molecule has 0 amide bonds. The van der Waals surface area contributed by atoms with Crippen molar-refractivity contribution >= 4 is 11.9 Å². The minimum atomic E-state index is -0.593. The van der Waals surface area contributed by atoms with Crippen LogP contribution in [0.4, 0.5) is 0 Å². The molecule has 0 aromatic heterocycles. The van der Waals surface area contributed by atoms with Gasteiger partial charge in [0.05, 0.1) is 5.41 Å². The summed E-state index contributed by atoms with van der Waals surface area (Å²) < 4.78 is 10.8. The van der Waals surface area contributed by atoms with E-state index in [0.717, 1.165) is 11.1 Å². The van der Waals surface area contributed by atoms with Gasteiger partial charge in [-0.15, -0.1) is 0 Å².